The van der Waals surface area contributed by atoms with Crippen LogP contribution in [0.4, 0.5) is 0 Å². The van der Waals surface area contributed by atoms with Gasteiger partial charge in [-0.2, -0.15) is 0 Å². The summed E-state index contributed by atoms with van der Waals surface area (Å²) in [6.45, 7) is 2.53. The summed E-state index contributed by atoms with van der Waals surface area (Å²) in [4.78, 5) is 22.2. The molecular formula is C11H22N2O4. The Morgan fingerprint density at radius 3 is 2.59 bits per heavy atom. The molecule has 17 heavy (non-hydrogen) atoms. The van der Waals surface area contributed by atoms with Gasteiger partial charge in [-0.15, -0.1) is 0 Å². The molecule has 100 valence electrons. The van der Waals surface area contributed by atoms with Crippen molar-refractivity contribution in [1.82, 2.24) is 5.32 Å². The maximum absolute atomic E-state index is 11.4. The Morgan fingerprint density at radius 2 is 2.06 bits per heavy atom. The van der Waals surface area contributed by atoms with Gasteiger partial charge in [0.25, 0.3) is 0 Å². The van der Waals surface area contributed by atoms with Crippen LogP contribution < -0.4 is 11.1 Å². The van der Waals surface area contributed by atoms with Crippen molar-refractivity contribution in [3.05, 3.63) is 0 Å². The molecule has 0 aliphatic heterocycles. The molecule has 0 aromatic rings. The van der Waals surface area contributed by atoms with Crippen LogP contribution in [0.3, 0.4) is 0 Å². The van der Waals surface area contributed by atoms with Gasteiger partial charge in [-0.3, -0.25) is 4.79 Å². The summed E-state index contributed by atoms with van der Waals surface area (Å²) >= 11 is 0. The van der Waals surface area contributed by atoms with E-state index in [2.05, 4.69) is 10.1 Å². The van der Waals surface area contributed by atoms with Gasteiger partial charge in [0, 0.05) is 6.42 Å². The Hall–Kier alpha value is -1.14. The van der Waals surface area contributed by atoms with Crippen LogP contribution in [-0.2, 0) is 14.3 Å². The smallest absolute Gasteiger partial charge is 0.336 e. The van der Waals surface area contributed by atoms with Crippen molar-refractivity contribution < 1.29 is 19.4 Å². The fraction of sp³-hybridized carbons (Fsp3) is 0.818. The Bertz CT molecular complexity index is 246. The molecule has 0 aromatic heterocycles. The summed E-state index contributed by atoms with van der Waals surface area (Å²) in [5, 5.41) is 11.7. The molecule has 1 amide bonds. The van der Waals surface area contributed by atoms with Gasteiger partial charge in [0.2, 0.25) is 5.91 Å². The average molecular weight is 246 g/mol. The van der Waals surface area contributed by atoms with Gasteiger partial charge >= 0.3 is 5.97 Å². The number of hydrogen-bond donors (Lipinski definition) is 3. The van der Waals surface area contributed by atoms with E-state index >= 15 is 0 Å². The highest BCUT2D eigenvalue weighted by atomic mass is 16.5. The second kappa shape index (κ2) is 8.95. The minimum absolute atomic E-state index is 0.114. The molecule has 0 rings (SSSR count). The first-order valence-corrected chi connectivity index (χ1v) is 5.73. The number of aliphatic hydroxyl groups excluding tert-OH is 1. The van der Waals surface area contributed by atoms with Crippen molar-refractivity contribution in [2.45, 2.75) is 32.3 Å². The Labute approximate surface area is 102 Å². The summed E-state index contributed by atoms with van der Waals surface area (Å²) in [5.74, 6) is -0.532. The fourth-order valence-corrected chi connectivity index (χ4v) is 1.32. The van der Waals surface area contributed by atoms with E-state index in [9.17, 15) is 14.7 Å². The minimum atomic E-state index is -1.30. The zero-order chi connectivity index (χ0) is 13.3. The number of esters is 1. The molecule has 0 radical (unpaired) electrons. The van der Waals surface area contributed by atoms with Crippen LogP contribution in [0.2, 0.25) is 0 Å². The summed E-state index contributed by atoms with van der Waals surface area (Å²) in [5.41, 5.74) is 5.40. The molecule has 6 heteroatoms. The van der Waals surface area contributed by atoms with E-state index in [4.69, 9.17) is 5.73 Å². The molecule has 2 unspecified atom stereocenters. The molecule has 0 fully saturated rings. The highest BCUT2D eigenvalue weighted by molar-refractivity contribution is 5.78. The Morgan fingerprint density at radius 1 is 1.41 bits per heavy atom. The molecule has 4 N–H and O–H groups in total. The van der Waals surface area contributed by atoms with Crippen LogP contribution in [0.15, 0.2) is 0 Å². The molecule has 0 spiro atoms. The van der Waals surface area contributed by atoms with Gasteiger partial charge in [0.15, 0.2) is 6.10 Å². The third-order valence-electron chi connectivity index (χ3n) is 2.49. The molecular weight excluding hydrogens is 224 g/mol. The van der Waals surface area contributed by atoms with Gasteiger partial charge < -0.3 is 20.9 Å². The fourth-order valence-electron chi connectivity index (χ4n) is 1.32. The lowest BCUT2D eigenvalue weighted by Crippen LogP contribution is -2.37. The topological polar surface area (TPSA) is 102 Å². The first-order chi connectivity index (χ1) is 8.01. The van der Waals surface area contributed by atoms with Gasteiger partial charge in [0.05, 0.1) is 13.7 Å². The zero-order valence-electron chi connectivity index (χ0n) is 10.4. The molecule has 0 aliphatic carbocycles. The third-order valence-corrected chi connectivity index (χ3v) is 2.49. The van der Waals surface area contributed by atoms with Crippen LogP contribution in [0, 0.1) is 5.92 Å². The number of amides is 1. The Kier molecular flexibility index (Phi) is 8.35. The van der Waals surface area contributed by atoms with Crippen LogP contribution >= 0.6 is 0 Å². The summed E-state index contributed by atoms with van der Waals surface area (Å²) < 4.78 is 4.32. The second-order valence-electron chi connectivity index (χ2n) is 4.06. The SMILES string of the molecule is COC(=O)C(O)CNC(=O)CCC(C)CCN. The number of carbonyl (C=O) groups excluding carboxylic acids is 2. The van der Waals surface area contributed by atoms with Crippen LogP contribution in [0.5, 0.6) is 0 Å². The van der Waals surface area contributed by atoms with Crippen molar-refractivity contribution in [3.8, 4) is 0 Å². The number of rotatable bonds is 8. The minimum Gasteiger partial charge on any atom is -0.467 e. The highest BCUT2D eigenvalue weighted by Crippen LogP contribution is 2.08. The molecule has 6 nitrogen and oxygen atoms in total. The maximum atomic E-state index is 11.4. The van der Waals surface area contributed by atoms with Crippen molar-refractivity contribution in [2.75, 3.05) is 20.2 Å². The van der Waals surface area contributed by atoms with E-state index in [0.717, 1.165) is 12.8 Å². The largest absolute Gasteiger partial charge is 0.467 e. The predicted molar refractivity (Wildman–Crippen MR) is 63.1 cm³/mol. The lowest BCUT2D eigenvalue weighted by Gasteiger charge is -2.11. The van der Waals surface area contributed by atoms with Crippen LogP contribution in [-0.4, -0.2) is 43.3 Å². The van der Waals surface area contributed by atoms with Gasteiger partial charge in [0.1, 0.15) is 0 Å². The second-order valence-corrected chi connectivity index (χ2v) is 4.06. The molecule has 0 bridgehead atoms. The van der Waals surface area contributed by atoms with E-state index in [1.807, 2.05) is 6.92 Å². The van der Waals surface area contributed by atoms with Crippen molar-refractivity contribution in [3.63, 3.8) is 0 Å². The number of nitrogens with two attached hydrogens (primary N) is 1. The van der Waals surface area contributed by atoms with Crippen molar-refractivity contribution in [1.29, 1.82) is 0 Å². The lowest BCUT2D eigenvalue weighted by atomic mass is 10.0. The molecule has 0 saturated carbocycles. The number of carbonyl (C=O) groups is 2. The van der Waals surface area contributed by atoms with E-state index in [1.165, 1.54) is 7.11 Å². The molecule has 2 atom stereocenters. The predicted octanol–water partition coefficient (Wildman–Crippen LogP) is -0.598. The summed E-state index contributed by atoms with van der Waals surface area (Å²) in [6, 6.07) is 0. The van der Waals surface area contributed by atoms with E-state index in [0.29, 0.717) is 18.9 Å². The van der Waals surface area contributed by atoms with Gasteiger partial charge in [-0.25, -0.2) is 4.79 Å². The highest BCUT2D eigenvalue weighted by Gasteiger charge is 2.16. The standard InChI is InChI=1S/C11H22N2O4/c1-8(5-6-12)3-4-10(15)13-7-9(14)11(16)17-2/h8-9,14H,3-7,12H2,1-2H3,(H,13,15). The number of hydrogen-bond acceptors (Lipinski definition) is 5. The van der Waals surface area contributed by atoms with Crippen LogP contribution in [0.1, 0.15) is 26.2 Å². The van der Waals surface area contributed by atoms with Crippen molar-refractivity contribution in [2.24, 2.45) is 11.7 Å². The van der Waals surface area contributed by atoms with E-state index < -0.39 is 12.1 Å². The first kappa shape index (κ1) is 15.9. The number of methoxy groups -OCH3 is 1. The lowest BCUT2D eigenvalue weighted by molar-refractivity contribution is -0.150. The molecule has 0 aromatic carbocycles. The summed E-state index contributed by atoms with van der Waals surface area (Å²) in [6.07, 6.45) is 0.704. The number of nitrogens with one attached hydrogen (secondary N) is 1. The van der Waals surface area contributed by atoms with Gasteiger partial charge in [-0.1, -0.05) is 6.92 Å². The van der Waals surface area contributed by atoms with E-state index in [-0.39, 0.29) is 12.5 Å². The Balaban J connectivity index is 3.69. The van der Waals surface area contributed by atoms with E-state index in [1.54, 1.807) is 0 Å². The average Bonchev–Trinajstić information content (AvgIpc) is 2.32. The summed E-state index contributed by atoms with van der Waals surface area (Å²) in [7, 11) is 1.18. The van der Waals surface area contributed by atoms with Crippen molar-refractivity contribution >= 4 is 11.9 Å². The molecule has 0 saturated heterocycles. The number of aliphatic hydroxyl groups is 1. The quantitative estimate of drug-likeness (QED) is 0.496. The monoisotopic (exact) mass is 246 g/mol. The molecule has 0 heterocycles. The first-order valence-electron chi connectivity index (χ1n) is 5.73. The molecule has 0 aliphatic rings. The van der Waals surface area contributed by atoms with Crippen LogP contribution in [0.25, 0.3) is 0 Å². The maximum Gasteiger partial charge on any atom is 0.336 e. The third kappa shape index (κ3) is 7.70. The number of ether oxygens (including phenoxy) is 1. The normalized spacial score (nSPS) is 13.9. The zero-order valence-corrected chi connectivity index (χ0v) is 10.4. The van der Waals surface area contributed by atoms with Gasteiger partial charge in [-0.05, 0) is 25.3 Å².